The second kappa shape index (κ2) is 10.5. The van der Waals surface area contributed by atoms with E-state index in [0.29, 0.717) is 5.65 Å². The summed E-state index contributed by atoms with van der Waals surface area (Å²) in [5.41, 5.74) is 2.56. The van der Waals surface area contributed by atoms with Gasteiger partial charge in [0.25, 0.3) is 5.91 Å². The molecule has 0 spiro atoms. The normalized spacial score (nSPS) is 15.4. The number of rotatable bonds is 7. The van der Waals surface area contributed by atoms with E-state index < -0.39 is 5.60 Å². The summed E-state index contributed by atoms with van der Waals surface area (Å²) in [5.74, 6) is 0.702. The van der Waals surface area contributed by atoms with E-state index in [1.54, 1.807) is 27.0 Å². The highest BCUT2D eigenvalue weighted by Gasteiger charge is 2.26. The van der Waals surface area contributed by atoms with Crippen LogP contribution in [0.15, 0.2) is 47.1 Å². The van der Waals surface area contributed by atoms with Gasteiger partial charge in [-0.1, -0.05) is 29.4 Å². The molecule has 204 valence electrons. The van der Waals surface area contributed by atoms with E-state index in [-0.39, 0.29) is 35.4 Å². The average Bonchev–Trinajstić information content (AvgIpc) is 3.57. The van der Waals surface area contributed by atoms with E-state index in [1.165, 1.54) is 6.07 Å². The molecule has 1 atom stereocenters. The van der Waals surface area contributed by atoms with Gasteiger partial charge in [0.15, 0.2) is 22.9 Å². The van der Waals surface area contributed by atoms with Crippen molar-refractivity contribution < 1.29 is 19.2 Å². The van der Waals surface area contributed by atoms with Crippen LogP contribution in [0.1, 0.15) is 68.4 Å². The molecule has 1 aliphatic rings. The van der Waals surface area contributed by atoms with Gasteiger partial charge in [-0.05, 0) is 56.4 Å². The van der Waals surface area contributed by atoms with Gasteiger partial charge in [0.05, 0.1) is 11.4 Å². The number of aliphatic hydroxyl groups is 1. The van der Waals surface area contributed by atoms with E-state index in [4.69, 9.17) is 4.52 Å². The van der Waals surface area contributed by atoms with Gasteiger partial charge < -0.3 is 25.2 Å². The predicted molar refractivity (Wildman–Crippen MR) is 146 cm³/mol. The van der Waals surface area contributed by atoms with Crippen molar-refractivity contribution in [2.75, 3.05) is 18.0 Å². The van der Waals surface area contributed by atoms with Gasteiger partial charge in [0, 0.05) is 38.3 Å². The van der Waals surface area contributed by atoms with E-state index in [2.05, 4.69) is 35.9 Å². The Morgan fingerprint density at radius 1 is 1.18 bits per heavy atom. The summed E-state index contributed by atoms with van der Waals surface area (Å²) in [7, 11) is 0. The highest BCUT2D eigenvalue weighted by Crippen LogP contribution is 2.35. The maximum Gasteiger partial charge on any atom is 0.273 e. The third-order valence-corrected chi connectivity index (χ3v) is 7.06. The fourth-order valence-corrected chi connectivity index (χ4v) is 4.90. The molecule has 1 aliphatic heterocycles. The van der Waals surface area contributed by atoms with E-state index >= 15 is 0 Å². The molecule has 4 aromatic rings. The van der Waals surface area contributed by atoms with Crippen molar-refractivity contribution >= 4 is 28.7 Å². The molecule has 1 fully saturated rings. The standard InChI is InChI=1S/C28H33N7O4/c1-16(30-27(37)22-15-23(39-34-22)28(3,4)38)18-5-7-19(8-6-18)21-9-12-29-25-24(21)26(33-32-25)35-13-10-20(11-14-35)31-17(2)36/h5-9,12,15-16,20,38H,10-11,13-14H2,1-4H3,(H,30,37)(H,31,36)(H,29,32,33)/t16-/m1/s1. The van der Waals surface area contributed by atoms with Gasteiger partial charge in [0.1, 0.15) is 5.60 Å². The van der Waals surface area contributed by atoms with Gasteiger partial charge in [-0.25, -0.2) is 4.98 Å². The average molecular weight is 532 g/mol. The summed E-state index contributed by atoms with van der Waals surface area (Å²) >= 11 is 0. The zero-order chi connectivity index (χ0) is 27.7. The van der Waals surface area contributed by atoms with Crippen molar-refractivity contribution in [3.8, 4) is 11.1 Å². The van der Waals surface area contributed by atoms with Crippen molar-refractivity contribution in [3.63, 3.8) is 0 Å². The third-order valence-electron chi connectivity index (χ3n) is 7.06. The van der Waals surface area contributed by atoms with Crippen LogP contribution in [0, 0.1) is 0 Å². The summed E-state index contributed by atoms with van der Waals surface area (Å²) in [6.07, 6.45) is 3.48. The second-order valence-corrected chi connectivity index (χ2v) is 10.5. The topological polar surface area (TPSA) is 149 Å². The number of carbonyl (C=O) groups excluding carboxylic acids is 2. The Kier molecular flexibility index (Phi) is 7.09. The van der Waals surface area contributed by atoms with Gasteiger partial charge in [0.2, 0.25) is 5.91 Å². The number of aromatic amines is 1. The third kappa shape index (κ3) is 5.63. The molecule has 0 unspecified atom stereocenters. The first-order valence-electron chi connectivity index (χ1n) is 13.1. The number of fused-ring (bicyclic) bond motifs is 1. The highest BCUT2D eigenvalue weighted by atomic mass is 16.5. The lowest BCUT2D eigenvalue weighted by molar-refractivity contribution is -0.119. The number of benzene rings is 1. The van der Waals surface area contributed by atoms with Crippen LogP contribution < -0.4 is 15.5 Å². The largest absolute Gasteiger partial charge is 0.382 e. The highest BCUT2D eigenvalue weighted by molar-refractivity contribution is 6.00. The molecular weight excluding hydrogens is 498 g/mol. The molecule has 4 N–H and O–H groups in total. The number of carbonyl (C=O) groups is 2. The van der Waals surface area contributed by atoms with Crippen LogP contribution in [0.2, 0.25) is 0 Å². The molecule has 0 bridgehead atoms. The summed E-state index contributed by atoms with van der Waals surface area (Å²) in [5, 5.41) is 28.4. The van der Waals surface area contributed by atoms with Crippen LogP contribution in [0.4, 0.5) is 5.82 Å². The lowest BCUT2D eigenvalue weighted by Crippen LogP contribution is -2.44. The maximum absolute atomic E-state index is 12.7. The number of aromatic nitrogens is 4. The minimum Gasteiger partial charge on any atom is -0.382 e. The Morgan fingerprint density at radius 2 is 1.90 bits per heavy atom. The number of amides is 2. The summed E-state index contributed by atoms with van der Waals surface area (Å²) < 4.78 is 5.11. The molecular formula is C28H33N7O4. The summed E-state index contributed by atoms with van der Waals surface area (Å²) in [6.45, 7) is 8.16. The minimum absolute atomic E-state index is 0.000471. The molecule has 11 nitrogen and oxygen atoms in total. The van der Waals surface area contributed by atoms with Gasteiger partial charge in [-0.2, -0.15) is 5.10 Å². The van der Waals surface area contributed by atoms with Gasteiger partial charge in [-0.3, -0.25) is 14.7 Å². The number of pyridine rings is 1. The van der Waals surface area contributed by atoms with E-state index in [9.17, 15) is 14.7 Å². The molecule has 39 heavy (non-hydrogen) atoms. The Balaban J connectivity index is 1.32. The molecule has 1 aromatic carbocycles. The van der Waals surface area contributed by atoms with Crippen LogP contribution in [0.5, 0.6) is 0 Å². The van der Waals surface area contributed by atoms with Crippen LogP contribution in [-0.2, 0) is 10.4 Å². The molecule has 3 aromatic heterocycles. The van der Waals surface area contributed by atoms with Crippen LogP contribution >= 0.6 is 0 Å². The minimum atomic E-state index is -1.22. The predicted octanol–water partition coefficient (Wildman–Crippen LogP) is 3.44. The van der Waals surface area contributed by atoms with Crippen LogP contribution in [-0.4, -0.2) is 56.4 Å². The van der Waals surface area contributed by atoms with Crippen molar-refractivity contribution in [1.29, 1.82) is 0 Å². The number of hydrogen-bond acceptors (Lipinski definition) is 8. The van der Waals surface area contributed by atoms with Gasteiger partial charge in [-0.15, -0.1) is 0 Å². The molecule has 4 heterocycles. The van der Waals surface area contributed by atoms with Crippen molar-refractivity contribution in [2.45, 2.75) is 58.2 Å². The molecule has 1 saturated heterocycles. The van der Waals surface area contributed by atoms with Gasteiger partial charge >= 0.3 is 0 Å². The molecule has 2 amide bonds. The number of nitrogens with zero attached hydrogens (tertiary/aromatic N) is 4. The smallest absolute Gasteiger partial charge is 0.273 e. The van der Waals surface area contributed by atoms with Crippen molar-refractivity contribution in [2.24, 2.45) is 0 Å². The van der Waals surface area contributed by atoms with E-state index in [0.717, 1.165) is 53.8 Å². The molecule has 5 rings (SSSR count). The molecule has 0 radical (unpaired) electrons. The number of piperidine rings is 1. The Hall–Kier alpha value is -4.25. The summed E-state index contributed by atoms with van der Waals surface area (Å²) in [6, 6.07) is 11.3. The lowest BCUT2D eigenvalue weighted by atomic mass is 9.99. The zero-order valence-corrected chi connectivity index (χ0v) is 22.5. The first-order valence-corrected chi connectivity index (χ1v) is 13.1. The van der Waals surface area contributed by atoms with Crippen molar-refractivity contribution in [1.82, 2.24) is 31.0 Å². The number of nitrogens with one attached hydrogen (secondary N) is 3. The number of anilines is 1. The van der Waals surface area contributed by atoms with Crippen LogP contribution in [0.25, 0.3) is 22.2 Å². The molecule has 0 aliphatic carbocycles. The first-order chi connectivity index (χ1) is 18.6. The first kappa shape index (κ1) is 26.4. The summed E-state index contributed by atoms with van der Waals surface area (Å²) in [4.78, 5) is 30.8. The molecule has 11 heteroatoms. The SMILES string of the molecule is CC(=O)NC1CCN(c2n[nH]c3nccc(-c4ccc([C@@H](C)NC(=O)c5cc(C(C)(C)O)on5)cc4)c23)CC1. The number of hydrogen-bond donors (Lipinski definition) is 4. The quantitative estimate of drug-likeness (QED) is 0.283. The lowest BCUT2D eigenvalue weighted by Gasteiger charge is -2.32. The Bertz CT molecular complexity index is 1480. The monoisotopic (exact) mass is 531 g/mol. The fraction of sp³-hybridized carbons (Fsp3) is 0.393. The Morgan fingerprint density at radius 3 is 2.54 bits per heavy atom. The zero-order valence-electron chi connectivity index (χ0n) is 22.5. The molecule has 0 saturated carbocycles. The number of H-pyrrole nitrogens is 1. The fourth-order valence-electron chi connectivity index (χ4n) is 4.90. The second-order valence-electron chi connectivity index (χ2n) is 10.5. The Labute approximate surface area is 226 Å². The van der Waals surface area contributed by atoms with Crippen LogP contribution in [0.3, 0.4) is 0 Å². The van der Waals surface area contributed by atoms with Crippen molar-refractivity contribution in [3.05, 3.63) is 59.6 Å². The maximum atomic E-state index is 12.7. The van der Waals surface area contributed by atoms with E-state index in [1.807, 2.05) is 37.3 Å².